The van der Waals surface area contributed by atoms with Crippen molar-refractivity contribution in [2.45, 2.75) is 39.7 Å². The first-order chi connectivity index (χ1) is 11.1. The Balaban J connectivity index is 1.95. The highest BCUT2D eigenvalue weighted by atomic mass is 16.5. The summed E-state index contributed by atoms with van der Waals surface area (Å²) in [5.74, 6) is 0. The van der Waals surface area contributed by atoms with Gasteiger partial charge in [-0.25, -0.2) is 4.79 Å². The molecule has 0 radical (unpaired) electrons. The molecule has 2 rings (SSSR count). The molecule has 23 heavy (non-hydrogen) atoms. The third-order valence-corrected chi connectivity index (χ3v) is 4.92. The normalized spacial score (nSPS) is 17.1. The monoisotopic (exact) mass is 320 g/mol. The molecule has 0 saturated carbocycles. The van der Waals surface area contributed by atoms with Gasteiger partial charge in [-0.2, -0.15) is 0 Å². The number of aliphatic hydroxyl groups is 1. The van der Waals surface area contributed by atoms with E-state index in [1.807, 2.05) is 36.1 Å². The van der Waals surface area contributed by atoms with E-state index >= 15 is 0 Å². The van der Waals surface area contributed by atoms with Gasteiger partial charge in [0.2, 0.25) is 0 Å². The number of carbonyl (C=O) groups is 1. The van der Waals surface area contributed by atoms with Crippen LogP contribution in [0.25, 0.3) is 0 Å². The van der Waals surface area contributed by atoms with Crippen molar-refractivity contribution >= 4 is 11.7 Å². The minimum absolute atomic E-state index is 0.0103. The third-order valence-electron chi connectivity index (χ3n) is 4.92. The Kier molecular flexibility index (Phi) is 6.42. The van der Waals surface area contributed by atoms with Gasteiger partial charge in [0.25, 0.3) is 0 Å². The van der Waals surface area contributed by atoms with Gasteiger partial charge >= 0.3 is 6.03 Å². The number of anilines is 1. The van der Waals surface area contributed by atoms with Gasteiger partial charge in [0, 0.05) is 37.6 Å². The van der Waals surface area contributed by atoms with Crippen LogP contribution in [0.5, 0.6) is 0 Å². The lowest BCUT2D eigenvalue weighted by atomic mass is 9.77. The maximum absolute atomic E-state index is 12.5. The van der Waals surface area contributed by atoms with Crippen LogP contribution in [0.1, 0.15) is 38.7 Å². The zero-order valence-electron chi connectivity index (χ0n) is 14.2. The van der Waals surface area contributed by atoms with E-state index in [0.717, 1.165) is 30.5 Å². The van der Waals surface area contributed by atoms with Gasteiger partial charge in [-0.15, -0.1) is 0 Å². The smallest absolute Gasteiger partial charge is 0.321 e. The number of para-hydroxylation sites is 1. The fourth-order valence-electron chi connectivity index (χ4n) is 2.98. The summed E-state index contributed by atoms with van der Waals surface area (Å²) in [6, 6.07) is 7.66. The molecule has 5 heteroatoms. The summed E-state index contributed by atoms with van der Waals surface area (Å²) in [5.41, 5.74) is 1.78. The Morgan fingerprint density at radius 1 is 1.30 bits per heavy atom. The second kappa shape index (κ2) is 8.31. The van der Waals surface area contributed by atoms with Crippen molar-refractivity contribution in [3.8, 4) is 0 Å². The standard InChI is InChI=1S/C18H28N2O3/c1-3-18(14-21)9-11-20(12-10-18)17(22)19-16-8-6-5-7-15(16)13-23-4-2/h5-8,21H,3-4,9-14H2,1-2H3,(H,19,22). The lowest BCUT2D eigenvalue weighted by molar-refractivity contribution is 0.0542. The Morgan fingerprint density at radius 3 is 2.61 bits per heavy atom. The van der Waals surface area contributed by atoms with E-state index in [-0.39, 0.29) is 18.1 Å². The molecule has 128 valence electrons. The molecule has 0 aliphatic carbocycles. The van der Waals surface area contributed by atoms with E-state index < -0.39 is 0 Å². The Morgan fingerprint density at radius 2 is 2.00 bits per heavy atom. The number of carbonyl (C=O) groups excluding carboxylic acids is 1. The molecule has 1 aliphatic rings. The van der Waals surface area contributed by atoms with Crippen LogP contribution in [0.2, 0.25) is 0 Å². The number of hydrogen-bond donors (Lipinski definition) is 2. The number of aliphatic hydroxyl groups excluding tert-OH is 1. The highest BCUT2D eigenvalue weighted by molar-refractivity contribution is 5.90. The molecular weight excluding hydrogens is 292 g/mol. The molecule has 1 heterocycles. The number of piperidine rings is 1. The van der Waals surface area contributed by atoms with Crippen LogP contribution < -0.4 is 5.32 Å². The van der Waals surface area contributed by atoms with E-state index in [1.54, 1.807) is 0 Å². The Bertz CT molecular complexity index is 505. The molecule has 0 atom stereocenters. The van der Waals surface area contributed by atoms with Gasteiger partial charge < -0.3 is 20.1 Å². The van der Waals surface area contributed by atoms with E-state index in [0.29, 0.717) is 26.3 Å². The summed E-state index contributed by atoms with van der Waals surface area (Å²) in [6.07, 6.45) is 2.66. The minimum atomic E-state index is -0.0726. The maximum atomic E-state index is 12.5. The van der Waals surface area contributed by atoms with E-state index in [4.69, 9.17) is 4.74 Å². The van der Waals surface area contributed by atoms with Gasteiger partial charge in [0.1, 0.15) is 0 Å². The predicted molar refractivity (Wildman–Crippen MR) is 91.4 cm³/mol. The number of amides is 2. The number of nitrogens with one attached hydrogen (secondary N) is 1. The van der Waals surface area contributed by atoms with Crippen LogP contribution in [0, 0.1) is 5.41 Å². The summed E-state index contributed by atoms with van der Waals surface area (Å²) in [4.78, 5) is 14.3. The molecule has 0 aromatic heterocycles. The first kappa shape index (κ1) is 17.8. The number of rotatable bonds is 6. The molecule has 1 aromatic rings. The zero-order chi connectivity index (χ0) is 16.7. The molecule has 1 aliphatic heterocycles. The Hall–Kier alpha value is -1.59. The minimum Gasteiger partial charge on any atom is -0.396 e. The van der Waals surface area contributed by atoms with E-state index in [2.05, 4.69) is 12.2 Å². The fraction of sp³-hybridized carbons (Fsp3) is 0.611. The molecule has 1 aromatic carbocycles. The number of likely N-dealkylation sites (tertiary alicyclic amines) is 1. The Labute approximate surface area is 138 Å². The quantitative estimate of drug-likeness (QED) is 0.846. The van der Waals surface area contributed by atoms with Crippen molar-refractivity contribution in [2.24, 2.45) is 5.41 Å². The van der Waals surface area contributed by atoms with Gasteiger partial charge in [-0.3, -0.25) is 0 Å². The van der Waals surface area contributed by atoms with Crippen LogP contribution in [0.3, 0.4) is 0 Å². The van der Waals surface area contributed by atoms with Gasteiger partial charge in [-0.1, -0.05) is 25.1 Å². The lowest BCUT2D eigenvalue weighted by Gasteiger charge is -2.40. The molecule has 0 unspecified atom stereocenters. The average Bonchev–Trinajstić information content (AvgIpc) is 2.61. The van der Waals surface area contributed by atoms with Crippen LogP contribution in [-0.2, 0) is 11.3 Å². The zero-order valence-corrected chi connectivity index (χ0v) is 14.2. The molecule has 1 fully saturated rings. The summed E-state index contributed by atoms with van der Waals surface area (Å²) < 4.78 is 5.45. The van der Waals surface area contributed by atoms with Crippen molar-refractivity contribution < 1.29 is 14.6 Å². The van der Waals surface area contributed by atoms with Gasteiger partial charge in [0.05, 0.1) is 6.61 Å². The number of benzene rings is 1. The third kappa shape index (κ3) is 4.45. The van der Waals surface area contributed by atoms with Crippen LogP contribution in [0.15, 0.2) is 24.3 Å². The molecule has 2 amide bonds. The number of nitrogens with zero attached hydrogens (tertiary/aromatic N) is 1. The molecule has 5 nitrogen and oxygen atoms in total. The molecule has 0 bridgehead atoms. The van der Waals surface area contributed by atoms with Crippen LogP contribution in [-0.4, -0.2) is 42.3 Å². The van der Waals surface area contributed by atoms with Crippen molar-refractivity contribution in [2.75, 3.05) is 31.6 Å². The number of ether oxygens (including phenoxy) is 1. The van der Waals surface area contributed by atoms with E-state index in [9.17, 15) is 9.90 Å². The molecule has 1 saturated heterocycles. The van der Waals surface area contributed by atoms with Crippen molar-refractivity contribution in [3.05, 3.63) is 29.8 Å². The van der Waals surface area contributed by atoms with Gasteiger partial charge in [0.15, 0.2) is 0 Å². The number of urea groups is 1. The SMILES string of the molecule is CCOCc1ccccc1NC(=O)N1CCC(CC)(CO)CC1. The first-order valence-electron chi connectivity index (χ1n) is 8.46. The maximum Gasteiger partial charge on any atom is 0.321 e. The molecular formula is C18H28N2O3. The largest absolute Gasteiger partial charge is 0.396 e. The lowest BCUT2D eigenvalue weighted by Crippen LogP contribution is -2.46. The second-order valence-corrected chi connectivity index (χ2v) is 6.22. The van der Waals surface area contributed by atoms with Crippen molar-refractivity contribution in [1.82, 2.24) is 4.90 Å². The molecule has 0 spiro atoms. The summed E-state index contributed by atoms with van der Waals surface area (Å²) >= 11 is 0. The summed E-state index contributed by atoms with van der Waals surface area (Å²) in [6.45, 7) is 6.79. The van der Waals surface area contributed by atoms with Crippen molar-refractivity contribution in [3.63, 3.8) is 0 Å². The van der Waals surface area contributed by atoms with E-state index in [1.165, 1.54) is 0 Å². The topological polar surface area (TPSA) is 61.8 Å². The summed E-state index contributed by atoms with van der Waals surface area (Å²) in [7, 11) is 0. The van der Waals surface area contributed by atoms with Crippen molar-refractivity contribution in [1.29, 1.82) is 0 Å². The second-order valence-electron chi connectivity index (χ2n) is 6.22. The average molecular weight is 320 g/mol. The summed E-state index contributed by atoms with van der Waals surface area (Å²) in [5, 5.41) is 12.6. The fourth-order valence-corrected chi connectivity index (χ4v) is 2.98. The van der Waals surface area contributed by atoms with Crippen LogP contribution in [0.4, 0.5) is 10.5 Å². The van der Waals surface area contributed by atoms with Crippen LogP contribution >= 0.6 is 0 Å². The van der Waals surface area contributed by atoms with Gasteiger partial charge in [-0.05, 0) is 37.7 Å². The predicted octanol–water partition coefficient (Wildman–Crippen LogP) is 3.24. The highest BCUT2D eigenvalue weighted by Gasteiger charge is 2.33. The first-order valence-corrected chi connectivity index (χ1v) is 8.46. The molecule has 2 N–H and O–H groups in total. The highest BCUT2D eigenvalue weighted by Crippen LogP contribution is 2.34. The number of hydrogen-bond acceptors (Lipinski definition) is 3.